The molecule has 0 saturated heterocycles. The van der Waals surface area contributed by atoms with E-state index in [9.17, 15) is 0 Å². The van der Waals surface area contributed by atoms with Crippen molar-refractivity contribution < 1.29 is 9.15 Å². The van der Waals surface area contributed by atoms with Crippen molar-refractivity contribution in [3.63, 3.8) is 0 Å². The maximum atomic E-state index is 5.24. The van der Waals surface area contributed by atoms with Crippen molar-refractivity contribution in [2.75, 3.05) is 0 Å². The molecule has 2 aromatic rings. The van der Waals surface area contributed by atoms with Gasteiger partial charge in [-0.1, -0.05) is 0 Å². The van der Waals surface area contributed by atoms with E-state index in [0.29, 0.717) is 11.8 Å². The number of aromatic nitrogens is 3. The van der Waals surface area contributed by atoms with Crippen molar-refractivity contribution in [3.8, 4) is 5.88 Å². The fourth-order valence-corrected chi connectivity index (χ4v) is 0.824. The molecular weight excluding hydrogens is 170 g/mol. The van der Waals surface area contributed by atoms with Crippen LogP contribution in [0.4, 0.5) is 0 Å². The second kappa shape index (κ2) is 3.66. The maximum Gasteiger partial charge on any atom is 0.232 e. The van der Waals surface area contributed by atoms with Crippen LogP contribution in [0.2, 0.25) is 0 Å². The van der Waals surface area contributed by atoms with E-state index in [1.165, 1.54) is 12.6 Å². The van der Waals surface area contributed by atoms with Crippen LogP contribution in [0.3, 0.4) is 0 Å². The van der Waals surface area contributed by atoms with Gasteiger partial charge in [0.25, 0.3) is 0 Å². The van der Waals surface area contributed by atoms with E-state index in [1.807, 2.05) is 0 Å². The van der Waals surface area contributed by atoms with Crippen LogP contribution in [0.1, 0.15) is 5.89 Å². The summed E-state index contributed by atoms with van der Waals surface area (Å²) in [7, 11) is 0. The maximum absolute atomic E-state index is 5.24. The van der Waals surface area contributed by atoms with Crippen LogP contribution in [0.25, 0.3) is 0 Å². The van der Waals surface area contributed by atoms with Gasteiger partial charge in [0.05, 0.1) is 6.20 Å². The predicted molar refractivity (Wildman–Crippen MR) is 42.9 cm³/mol. The van der Waals surface area contributed by atoms with E-state index in [4.69, 9.17) is 9.15 Å². The Morgan fingerprint density at radius 3 is 3.00 bits per heavy atom. The molecule has 0 aliphatic heterocycles. The Labute approximate surface area is 74.4 Å². The van der Waals surface area contributed by atoms with E-state index >= 15 is 0 Å². The molecule has 0 saturated carbocycles. The smallest absolute Gasteiger partial charge is 0.232 e. The normalized spacial score (nSPS) is 9.85. The van der Waals surface area contributed by atoms with Gasteiger partial charge in [0.1, 0.15) is 12.6 Å². The molecule has 0 unspecified atom stereocenters. The first-order chi connectivity index (χ1) is 6.45. The molecule has 2 rings (SSSR count). The van der Waals surface area contributed by atoms with Crippen LogP contribution in [-0.2, 0) is 6.61 Å². The second-order valence-electron chi connectivity index (χ2n) is 2.26. The van der Waals surface area contributed by atoms with E-state index in [-0.39, 0.29) is 6.61 Å². The first-order valence-corrected chi connectivity index (χ1v) is 3.72. The molecule has 13 heavy (non-hydrogen) atoms. The summed E-state index contributed by atoms with van der Waals surface area (Å²) in [5.41, 5.74) is 0. The van der Waals surface area contributed by atoms with E-state index in [0.717, 1.165) is 0 Å². The van der Waals surface area contributed by atoms with E-state index in [1.54, 1.807) is 18.5 Å². The van der Waals surface area contributed by atoms with Gasteiger partial charge < -0.3 is 9.15 Å². The van der Waals surface area contributed by atoms with Crippen molar-refractivity contribution in [1.82, 2.24) is 15.0 Å². The highest BCUT2D eigenvalue weighted by Crippen LogP contribution is 2.05. The van der Waals surface area contributed by atoms with Crippen LogP contribution in [-0.4, -0.2) is 15.0 Å². The third kappa shape index (κ3) is 2.02. The van der Waals surface area contributed by atoms with E-state index in [2.05, 4.69) is 15.0 Å². The number of rotatable bonds is 3. The Hall–Kier alpha value is -1.91. The molecule has 5 nitrogen and oxygen atoms in total. The average Bonchev–Trinajstić information content (AvgIpc) is 2.69. The molecule has 0 radical (unpaired) electrons. The third-order valence-corrected chi connectivity index (χ3v) is 1.38. The molecule has 0 atom stereocenters. The third-order valence-electron chi connectivity index (χ3n) is 1.38. The fourth-order valence-electron chi connectivity index (χ4n) is 0.824. The molecular formula is C8H7N3O2. The minimum Gasteiger partial charge on any atom is -0.468 e. The highest BCUT2D eigenvalue weighted by molar-refractivity contribution is 5.04. The molecule has 2 heterocycles. The Morgan fingerprint density at radius 2 is 2.31 bits per heavy atom. The van der Waals surface area contributed by atoms with Gasteiger partial charge in [-0.3, -0.25) is 0 Å². The molecule has 0 bridgehead atoms. The zero-order valence-electron chi connectivity index (χ0n) is 6.75. The number of nitrogens with zero attached hydrogens (tertiary/aromatic N) is 3. The van der Waals surface area contributed by atoms with Gasteiger partial charge in [-0.15, -0.1) is 0 Å². The zero-order valence-corrected chi connectivity index (χ0v) is 6.75. The van der Waals surface area contributed by atoms with Crippen molar-refractivity contribution in [2.24, 2.45) is 0 Å². The Kier molecular flexibility index (Phi) is 2.18. The van der Waals surface area contributed by atoms with Gasteiger partial charge in [0.2, 0.25) is 11.8 Å². The molecule has 0 spiro atoms. The Bertz CT molecular complexity index is 347. The molecule has 0 amide bonds. The number of hydrogen-bond acceptors (Lipinski definition) is 5. The number of hydrogen-bond donors (Lipinski definition) is 0. The summed E-state index contributed by atoms with van der Waals surface area (Å²) in [5, 5.41) is 0. The highest BCUT2D eigenvalue weighted by atomic mass is 16.5. The monoisotopic (exact) mass is 177 g/mol. The summed E-state index contributed by atoms with van der Waals surface area (Å²) in [6.07, 6.45) is 6.10. The number of oxazole rings is 1. The van der Waals surface area contributed by atoms with Crippen molar-refractivity contribution in [2.45, 2.75) is 6.61 Å². The lowest BCUT2D eigenvalue weighted by Crippen LogP contribution is -1.96. The summed E-state index contributed by atoms with van der Waals surface area (Å²) >= 11 is 0. The van der Waals surface area contributed by atoms with Crippen molar-refractivity contribution in [1.29, 1.82) is 0 Å². The molecule has 0 fully saturated rings. The summed E-state index contributed by atoms with van der Waals surface area (Å²) in [5.74, 6) is 1.03. The molecule has 0 aliphatic rings. The van der Waals surface area contributed by atoms with Gasteiger partial charge >= 0.3 is 0 Å². The second-order valence-corrected chi connectivity index (χ2v) is 2.26. The topological polar surface area (TPSA) is 61.0 Å². The van der Waals surface area contributed by atoms with Crippen LogP contribution in [0.5, 0.6) is 5.88 Å². The largest absolute Gasteiger partial charge is 0.468 e. The van der Waals surface area contributed by atoms with Gasteiger partial charge in [-0.2, -0.15) is 0 Å². The SMILES string of the molecule is c1cc(OCc2ncco2)ncn1. The predicted octanol–water partition coefficient (Wildman–Crippen LogP) is 1.04. The lowest BCUT2D eigenvalue weighted by molar-refractivity contribution is 0.253. The van der Waals surface area contributed by atoms with Crippen LogP contribution in [0.15, 0.2) is 35.5 Å². The van der Waals surface area contributed by atoms with Gasteiger partial charge in [-0.05, 0) is 0 Å². The first-order valence-electron chi connectivity index (χ1n) is 3.72. The summed E-state index contributed by atoms with van der Waals surface area (Å²) in [4.78, 5) is 11.5. The lowest BCUT2D eigenvalue weighted by Gasteiger charge is -1.99. The van der Waals surface area contributed by atoms with Gasteiger partial charge in [-0.25, -0.2) is 15.0 Å². The molecule has 2 aromatic heterocycles. The standard InChI is InChI=1S/C8H7N3O2/c1-2-9-6-11-7(1)13-5-8-10-3-4-12-8/h1-4,6H,5H2. The molecule has 5 heteroatoms. The Balaban J connectivity index is 1.94. The van der Waals surface area contributed by atoms with Gasteiger partial charge in [0, 0.05) is 12.3 Å². The summed E-state index contributed by atoms with van der Waals surface area (Å²) in [6.45, 7) is 0.282. The van der Waals surface area contributed by atoms with Crippen LogP contribution < -0.4 is 4.74 Å². The van der Waals surface area contributed by atoms with Gasteiger partial charge in [0.15, 0.2) is 6.61 Å². The average molecular weight is 177 g/mol. The minimum absolute atomic E-state index is 0.282. The number of ether oxygens (including phenoxy) is 1. The van der Waals surface area contributed by atoms with Crippen LogP contribution >= 0.6 is 0 Å². The van der Waals surface area contributed by atoms with Crippen molar-refractivity contribution >= 4 is 0 Å². The van der Waals surface area contributed by atoms with Crippen LogP contribution in [0, 0.1) is 0 Å². The Morgan fingerprint density at radius 1 is 1.31 bits per heavy atom. The lowest BCUT2D eigenvalue weighted by atomic mass is 10.6. The fraction of sp³-hybridized carbons (Fsp3) is 0.125. The summed E-state index contributed by atoms with van der Waals surface area (Å²) in [6, 6.07) is 1.67. The summed E-state index contributed by atoms with van der Waals surface area (Å²) < 4.78 is 10.2. The molecule has 66 valence electrons. The molecule has 0 aliphatic carbocycles. The van der Waals surface area contributed by atoms with Crippen molar-refractivity contribution in [3.05, 3.63) is 36.9 Å². The van der Waals surface area contributed by atoms with E-state index < -0.39 is 0 Å². The zero-order chi connectivity index (χ0) is 8.93. The quantitative estimate of drug-likeness (QED) is 0.701. The molecule has 0 aromatic carbocycles. The first kappa shape index (κ1) is 7.72. The minimum atomic E-state index is 0.282. The highest BCUT2D eigenvalue weighted by Gasteiger charge is 1.98. The molecule has 0 N–H and O–H groups in total.